The van der Waals surface area contributed by atoms with Gasteiger partial charge in [-0.15, -0.1) is 0 Å². The number of sulfonamides is 1. The molecule has 1 aromatic heterocycles. The zero-order valence-electron chi connectivity index (χ0n) is 21.1. The lowest BCUT2D eigenvalue weighted by molar-refractivity contribution is -0.127. The van der Waals surface area contributed by atoms with E-state index in [2.05, 4.69) is 9.98 Å². The van der Waals surface area contributed by atoms with Gasteiger partial charge in [0.05, 0.1) is 10.5 Å². The summed E-state index contributed by atoms with van der Waals surface area (Å²) in [4.78, 5) is 48.7. The van der Waals surface area contributed by atoms with Crippen LogP contribution in [-0.4, -0.2) is 72.9 Å². The number of Topliss-reactive ketones (excluding diaryl/α,β-unsaturated/α-hetero) is 1. The Morgan fingerprint density at radius 1 is 0.825 bits per heavy atom. The van der Waals surface area contributed by atoms with Crippen molar-refractivity contribution in [3.05, 3.63) is 102 Å². The lowest BCUT2D eigenvalue weighted by Crippen LogP contribution is -2.52. The number of carbonyl (C=O) groups is 3. The monoisotopic (exact) mass is 561 g/mol. The molecular formula is C28H24FN5O5S. The Morgan fingerprint density at radius 2 is 1.45 bits per heavy atom. The van der Waals surface area contributed by atoms with E-state index in [4.69, 9.17) is 0 Å². The van der Waals surface area contributed by atoms with Crippen molar-refractivity contribution < 1.29 is 27.2 Å². The number of H-pyrrole nitrogens is 1. The SMILES string of the molecule is O=C(/N=C(\c1ccccc1)N1CCN(C(=O)C(=O)c2c[nH]c3cccc(F)c23)CC1)NS(=O)(=O)c1ccccc1. The lowest BCUT2D eigenvalue weighted by atomic mass is 10.1. The molecular weight excluding hydrogens is 537 g/mol. The number of aromatic amines is 1. The summed E-state index contributed by atoms with van der Waals surface area (Å²) in [6.07, 6.45) is 1.33. The number of hydrogen-bond acceptors (Lipinski definition) is 5. The summed E-state index contributed by atoms with van der Waals surface area (Å²) in [5, 5.41) is 0.0643. The molecule has 12 heteroatoms. The second-order valence-electron chi connectivity index (χ2n) is 9.00. The molecule has 4 aromatic rings. The molecule has 1 fully saturated rings. The molecule has 2 N–H and O–H groups in total. The van der Waals surface area contributed by atoms with Gasteiger partial charge in [-0.05, 0) is 24.3 Å². The fraction of sp³-hybridized carbons (Fsp3) is 0.143. The molecule has 3 aromatic carbocycles. The van der Waals surface area contributed by atoms with Gasteiger partial charge in [-0.3, -0.25) is 9.59 Å². The largest absolute Gasteiger partial charge is 0.360 e. The van der Waals surface area contributed by atoms with E-state index >= 15 is 0 Å². The third kappa shape index (κ3) is 5.47. The maximum Gasteiger partial charge on any atom is 0.356 e. The number of aromatic nitrogens is 1. The third-order valence-corrected chi connectivity index (χ3v) is 7.81. The number of ketones is 1. The molecule has 10 nitrogen and oxygen atoms in total. The van der Waals surface area contributed by atoms with Crippen LogP contribution in [-0.2, 0) is 14.8 Å². The Kier molecular flexibility index (Phi) is 7.43. The number of rotatable bonds is 5. The molecule has 0 radical (unpaired) electrons. The number of halogens is 1. The van der Waals surface area contributed by atoms with Crippen molar-refractivity contribution in [1.82, 2.24) is 19.5 Å². The van der Waals surface area contributed by atoms with Gasteiger partial charge in [0.2, 0.25) is 0 Å². The number of carbonyl (C=O) groups excluding carboxylic acids is 3. The first-order valence-corrected chi connectivity index (χ1v) is 13.8. The second kappa shape index (κ2) is 11.1. The second-order valence-corrected chi connectivity index (χ2v) is 10.7. The Bertz CT molecular complexity index is 1710. The number of amides is 3. The minimum Gasteiger partial charge on any atom is -0.360 e. The van der Waals surface area contributed by atoms with Gasteiger partial charge in [-0.2, -0.15) is 4.99 Å². The average Bonchev–Trinajstić information content (AvgIpc) is 3.42. The van der Waals surface area contributed by atoms with Crippen LogP contribution in [0.2, 0.25) is 0 Å². The van der Waals surface area contributed by atoms with Crippen molar-refractivity contribution in [2.45, 2.75) is 4.90 Å². The number of aliphatic imine (C=N–C) groups is 1. The highest BCUT2D eigenvalue weighted by Crippen LogP contribution is 2.23. The van der Waals surface area contributed by atoms with Gasteiger partial charge in [0.25, 0.3) is 21.7 Å². The van der Waals surface area contributed by atoms with Gasteiger partial charge in [-0.25, -0.2) is 22.3 Å². The molecule has 0 atom stereocenters. The van der Waals surface area contributed by atoms with E-state index in [1.165, 1.54) is 47.5 Å². The number of nitrogens with one attached hydrogen (secondary N) is 2. The van der Waals surface area contributed by atoms with Crippen LogP contribution < -0.4 is 4.72 Å². The van der Waals surface area contributed by atoms with Crippen molar-refractivity contribution in [3.8, 4) is 0 Å². The molecule has 0 bridgehead atoms. The van der Waals surface area contributed by atoms with E-state index in [1.807, 2.05) is 4.72 Å². The van der Waals surface area contributed by atoms with Gasteiger partial charge in [0.1, 0.15) is 11.7 Å². The first-order valence-electron chi connectivity index (χ1n) is 12.3. The molecule has 0 aliphatic carbocycles. The van der Waals surface area contributed by atoms with Gasteiger partial charge in [-0.1, -0.05) is 54.6 Å². The Balaban J connectivity index is 1.32. The fourth-order valence-electron chi connectivity index (χ4n) is 4.50. The van der Waals surface area contributed by atoms with Crippen LogP contribution >= 0.6 is 0 Å². The topological polar surface area (TPSA) is 132 Å². The van der Waals surface area contributed by atoms with Gasteiger partial charge in [0, 0.05) is 48.8 Å². The highest BCUT2D eigenvalue weighted by Gasteiger charge is 2.30. The van der Waals surface area contributed by atoms with Crippen molar-refractivity contribution >= 4 is 44.5 Å². The summed E-state index contributed by atoms with van der Waals surface area (Å²) in [6, 6.07) is 19.5. The van der Waals surface area contributed by atoms with E-state index in [0.29, 0.717) is 11.1 Å². The summed E-state index contributed by atoms with van der Waals surface area (Å²) >= 11 is 0. The van der Waals surface area contributed by atoms with Crippen LogP contribution in [0.25, 0.3) is 10.9 Å². The van der Waals surface area contributed by atoms with Crippen LogP contribution in [0.4, 0.5) is 9.18 Å². The van der Waals surface area contributed by atoms with E-state index in [0.717, 1.165) is 0 Å². The molecule has 0 saturated carbocycles. The molecule has 1 aliphatic heterocycles. The molecule has 5 rings (SSSR count). The third-order valence-electron chi connectivity index (χ3n) is 6.47. The summed E-state index contributed by atoms with van der Waals surface area (Å²) in [7, 11) is -4.13. The van der Waals surface area contributed by atoms with E-state index < -0.39 is 33.6 Å². The van der Waals surface area contributed by atoms with Crippen molar-refractivity contribution in [2.24, 2.45) is 4.99 Å². The predicted octanol–water partition coefficient (Wildman–Crippen LogP) is 3.18. The molecule has 1 aliphatic rings. The zero-order chi connectivity index (χ0) is 28.3. The quantitative estimate of drug-likeness (QED) is 0.167. The maximum atomic E-state index is 14.4. The smallest absolute Gasteiger partial charge is 0.356 e. The van der Waals surface area contributed by atoms with Gasteiger partial charge < -0.3 is 14.8 Å². The van der Waals surface area contributed by atoms with E-state index in [-0.39, 0.29) is 47.9 Å². The molecule has 2 heterocycles. The number of piperazine rings is 1. The number of amidine groups is 1. The number of hydrogen-bond donors (Lipinski definition) is 2. The zero-order valence-corrected chi connectivity index (χ0v) is 21.9. The van der Waals surface area contributed by atoms with Crippen LogP contribution in [0.5, 0.6) is 0 Å². The lowest BCUT2D eigenvalue weighted by Gasteiger charge is -2.36. The maximum absolute atomic E-state index is 14.4. The van der Waals surface area contributed by atoms with Crippen molar-refractivity contribution in [1.29, 1.82) is 0 Å². The Labute approximate surface area is 229 Å². The molecule has 3 amide bonds. The summed E-state index contributed by atoms with van der Waals surface area (Å²) in [5.41, 5.74) is 0.945. The van der Waals surface area contributed by atoms with Crippen LogP contribution in [0, 0.1) is 5.82 Å². The van der Waals surface area contributed by atoms with Crippen molar-refractivity contribution in [3.63, 3.8) is 0 Å². The van der Waals surface area contributed by atoms with E-state index in [9.17, 15) is 27.2 Å². The number of urea groups is 1. The molecule has 1 saturated heterocycles. The molecule has 0 spiro atoms. The van der Waals surface area contributed by atoms with Gasteiger partial charge >= 0.3 is 6.03 Å². The normalized spacial score (nSPS) is 14.3. The number of benzene rings is 3. The number of nitrogens with zero attached hydrogens (tertiary/aromatic N) is 3. The van der Waals surface area contributed by atoms with Crippen molar-refractivity contribution in [2.75, 3.05) is 26.2 Å². The highest BCUT2D eigenvalue weighted by molar-refractivity contribution is 7.90. The van der Waals surface area contributed by atoms with Crippen LogP contribution in [0.1, 0.15) is 15.9 Å². The Morgan fingerprint density at radius 3 is 2.12 bits per heavy atom. The first kappa shape index (κ1) is 26.8. The summed E-state index contributed by atoms with van der Waals surface area (Å²) in [5.74, 6) is -1.98. The van der Waals surface area contributed by atoms with Gasteiger partial charge in [0.15, 0.2) is 0 Å². The molecule has 40 heavy (non-hydrogen) atoms. The minimum atomic E-state index is -4.13. The summed E-state index contributed by atoms with van der Waals surface area (Å²) in [6.45, 7) is 0.692. The molecule has 204 valence electrons. The van der Waals surface area contributed by atoms with Crippen LogP contribution in [0.3, 0.4) is 0 Å². The standard InChI is InChI=1S/C28H24FN5O5S/c29-22-12-7-13-23-24(22)21(18-30-23)25(35)27(36)34-16-14-33(15-17-34)26(19-8-3-1-4-9-19)31-28(37)32-40(38,39)20-10-5-2-6-11-20/h1-13,18,30H,14-17H2,(H,32,37)/b31-26+. The minimum absolute atomic E-state index is 0.0386. The van der Waals surface area contributed by atoms with Crippen LogP contribution in [0.15, 0.2) is 94.9 Å². The predicted molar refractivity (Wildman–Crippen MR) is 146 cm³/mol. The highest BCUT2D eigenvalue weighted by atomic mass is 32.2. The molecule has 0 unspecified atom stereocenters. The number of fused-ring (bicyclic) bond motifs is 1. The Hall–Kier alpha value is -4.84. The fourth-order valence-corrected chi connectivity index (χ4v) is 5.41. The summed E-state index contributed by atoms with van der Waals surface area (Å²) < 4.78 is 41.5. The average molecular weight is 562 g/mol. The first-order chi connectivity index (χ1) is 19.2. The van der Waals surface area contributed by atoms with E-state index in [1.54, 1.807) is 47.4 Å².